The van der Waals surface area contributed by atoms with Gasteiger partial charge in [0.25, 0.3) is 0 Å². The number of nitrogens with zero attached hydrogens (tertiary/aromatic N) is 3. The third-order valence-corrected chi connectivity index (χ3v) is 4.49. The first kappa shape index (κ1) is 15.4. The van der Waals surface area contributed by atoms with Crippen molar-refractivity contribution in [1.82, 2.24) is 14.5 Å². The predicted octanol–water partition coefficient (Wildman–Crippen LogP) is 3.63. The molecule has 1 aliphatic heterocycles. The van der Waals surface area contributed by atoms with Crippen LogP contribution in [0.2, 0.25) is 0 Å². The highest BCUT2D eigenvalue weighted by atomic mass is 19.4. The Morgan fingerprint density at radius 2 is 2.04 bits per heavy atom. The molecule has 0 spiro atoms. The molecule has 0 bridgehead atoms. The zero-order valence-corrected chi connectivity index (χ0v) is 13.3. The van der Waals surface area contributed by atoms with Crippen molar-refractivity contribution in [3.63, 3.8) is 0 Å². The highest BCUT2D eigenvalue weighted by Crippen LogP contribution is 2.47. The van der Waals surface area contributed by atoms with E-state index < -0.39 is 17.5 Å². The van der Waals surface area contributed by atoms with Gasteiger partial charge in [-0.15, -0.1) is 0 Å². The number of nitrogens with one attached hydrogen (secondary N) is 1. The van der Waals surface area contributed by atoms with Crippen molar-refractivity contribution >= 4 is 17.1 Å². The highest BCUT2D eigenvalue weighted by molar-refractivity contribution is 5.77. The molecule has 1 unspecified atom stereocenters. The number of imidazole rings is 1. The maximum Gasteiger partial charge on any atom is 0.433 e. The minimum atomic E-state index is -4.48. The van der Waals surface area contributed by atoms with Crippen LogP contribution in [0.4, 0.5) is 19.1 Å². The van der Waals surface area contributed by atoms with Crippen LogP contribution in [0.15, 0.2) is 23.4 Å². The van der Waals surface area contributed by atoms with Gasteiger partial charge in [0.1, 0.15) is 11.2 Å². The third kappa shape index (κ3) is 2.36. The number of halogens is 3. The second kappa shape index (κ2) is 4.72. The van der Waals surface area contributed by atoms with E-state index in [9.17, 15) is 18.3 Å². The van der Waals surface area contributed by atoms with E-state index in [-0.39, 0.29) is 11.7 Å². The number of aromatic nitrogens is 3. The molecule has 0 aromatic carbocycles. The number of fused-ring (bicyclic) bond motifs is 5. The van der Waals surface area contributed by atoms with E-state index in [0.717, 1.165) is 30.2 Å². The lowest BCUT2D eigenvalue weighted by atomic mass is 9.81. The van der Waals surface area contributed by atoms with E-state index in [2.05, 4.69) is 15.3 Å². The summed E-state index contributed by atoms with van der Waals surface area (Å²) in [6.45, 7) is 3.45. The zero-order valence-electron chi connectivity index (χ0n) is 13.3. The summed E-state index contributed by atoms with van der Waals surface area (Å²) >= 11 is 0. The van der Waals surface area contributed by atoms with E-state index in [0.29, 0.717) is 17.9 Å². The molecule has 2 aromatic heterocycles. The summed E-state index contributed by atoms with van der Waals surface area (Å²) in [5.41, 5.74) is 0.925. The van der Waals surface area contributed by atoms with E-state index in [4.69, 9.17) is 0 Å². The quantitative estimate of drug-likeness (QED) is 0.878. The zero-order chi connectivity index (χ0) is 17.3. The van der Waals surface area contributed by atoms with Crippen LogP contribution in [-0.2, 0) is 6.18 Å². The first-order chi connectivity index (χ1) is 11.1. The van der Waals surface area contributed by atoms with Crippen LogP contribution >= 0.6 is 0 Å². The van der Waals surface area contributed by atoms with Crippen molar-refractivity contribution in [3.8, 4) is 0 Å². The Kier molecular flexibility index (Phi) is 3.04. The molecule has 24 heavy (non-hydrogen) atoms. The second-order valence-electron chi connectivity index (χ2n) is 7.01. The first-order valence-corrected chi connectivity index (χ1v) is 7.81. The van der Waals surface area contributed by atoms with Crippen molar-refractivity contribution in [2.45, 2.75) is 50.9 Å². The van der Waals surface area contributed by atoms with Gasteiger partial charge < -0.3 is 10.4 Å². The number of pyridine rings is 1. The Hall–Kier alpha value is -2.09. The fourth-order valence-corrected chi connectivity index (χ4v) is 3.38. The fourth-order valence-electron chi connectivity index (χ4n) is 3.38. The van der Waals surface area contributed by atoms with E-state index >= 15 is 0 Å². The molecule has 1 atom stereocenters. The summed E-state index contributed by atoms with van der Waals surface area (Å²) < 4.78 is 40.6. The molecule has 4 rings (SSSR count). The molecule has 0 radical (unpaired) electrons. The average Bonchev–Trinajstić information content (AvgIpc) is 2.72. The normalized spacial score (nSPS) is 20.5. The van der Waals surface area contributed by atoms with Crippen LogP contribution in [-0.4, -0.2) is 25.2 Å². The maximum atomic E-state index is 12.9. The molecule has 1 saturated carbocycles. The Morgan fingerprint density at radius 3 is 2.62 bits per heavy atom. The third-order valence-electron chi connectivity index (χ3n) is 4.49. The van der Waals surface area contributed by atoms with Gasteiger partial charge in [-0.1, -0.05) is 0 Å². The number of hydrogen-bond donors (Lipinski definition) is 2. The molecule has 5 nitrogen and oxygen atoms in total. The van der Waals surface area contributed by atoms with Crippen molar-refractivity contribution in [2.24, 2.45) is 0 Å². The van der Waals surface area contributed by atoms with Crippen LogP contribution in [0.3, 0.4) is 0 Å². The molecule has 2 N–H and O–H groups in total. The van der Waals surface area contributed by atoms with Gasteiger partial charge in [0, 0.05) is 12.1 Å². The van der Waals surface area contributed by atoms with Crippen molar-refractivity contribution < 1.29 is 18.3 Å². The van der Waals surface area contributed by atoms with Crippen LogP contribution in [0, 0.1) is 0 Å². The largest absolute Gasteiger partial charge is 0.433 e. The number of rotatable bonds is 2. The topological polar surface area (TPSA) is 63.0 Å². The van der Waals surface area contributed by atoms with Crippen LogP contribution in [0.5, 0.6) is 0 Å². The summed E-state index contributed by atoms with van der Waals surface area (Å²) in [4.78, 5) is 8.18. The Labute approximate surface area is 136 Å². The second-order valence-corrected chi connectivity index (χ2v) is 7.01. The lowest BCUT2D eigenvalue weighted by Crippen LogP contribution is -2.33. The van der Waals surface area contributed by atoms with Gasteiger partial charge in [-0.2, -0.15) is 13.2 Å². The SMILES string of the molecule is CC(C)(O)CC1=C2CCC2n2c(nc3ccc(C(F)(F)F)nc32)N1. The van der Waals surface area contributed by atoms with Gasteiger partial charge in [-0.25, -0.2) is 9.97 Å². The van der Waals surface area contributed by atoms with Gasteiger partial charge >= 0.3 is 6.18 Å². The fraction of sp³-hybridized carbons (Fsp3) is 0.500. The van der Waals surface area contributed by atoms with E-state index in [1.165, 1.54) is 6.07 Å². The Morgan fingerprint density at radius 1 is 1.29 bits per heavy atom. The Balaban J connectivity index is 1.81. The average molecular weight is 338 g/mol. The molecule has 2 aliphatic rings. The molecular weight excluding hydrogens is 321 g/mol. The minimum Gasteiger partial charge on any atom is -0.390 e. The molecule has 3 heterocycles. The maximum absolute atomic E-state index is 12.9. The van der Waals surface area contributed by atoms with Gasteiger partial charge in [0.15, 0.2) is 5.65 Å². The summed E-state index contributed by atoms with van der Waals surface area (Å²) in [6.07, 6.45) is -2.33. The van der Waals surface area contributed by atoms with Gasteiger partial charge in [-0.05, 0) is 44.4 Å². The van der Waals surface area contributed by atoms with Gasteiger partial charge in [-0.3, -0.25) is 4.57 Å². The molecule has 0 saturated heterocycles. The number of alkyl halides is 3. The van der Waals surface area contributed by atoms with Crippen molar-refractivity contribution in [2.75, 3.05) is 5.32 Å². The first-order valence-electron chi connectivity index (χ1n) is 7.81. The summed E-state index contributed by atoms with van der Waals surface area (Å²) in [5.74, 6) is 0.490. The van der Waals surface area contributed by atoms with E-state index in [1.807, 2.05) is 0 Å². The number of anilines is 1. The molecule has 8 heteroatoms. The molecular formula is C16H17F3N4O. The number of aliphatic hydroxyl groups is 1. The van der Waals surface area contributed by atoms with E-state index in [1.54, 1.807) is 18.4 Å². The number of hydrogen-bond acceptors (Lipinski definition) is 4. The predicted molar refractivity (Wildman–Crippen MR) is 82.4 cm³/mol. The number of allylic oxidation sites excluding steroid dienone is 1. The molecule has 1 aliphatic carbocycles. The standard InChI is InChI=1S/C16H17F3N4O/c1-15(2,24)7-10-8-3-5-11(8)23-13-9(20-14(23)21-10)4-6-12(22-13)16(17,18)19/h4,6,11,24H,3,5,7H2,1-2H3,(H,20,21). The van der Waals surface area contributed by atoms with Crippen molar-refractivity contribution in [3.05, 3.63) is 29.1 Å². The summed E-state index contributed by atoms with van der Waals surface area (Å²) in [7, 11) is 0. The smallest absolute Gasteiger partial charge is 0.390 e. The molecule has 1 fully saturated rings. The molecule has 0 amide bonds. The monoisotopic (exact) mass is 338 g/mol. The molecule has 128 valence electrons. The Bertz CT molecular complexity index is 861. The lowest BCUT2D eigenvalue weighted by molar-refractivity contribution is -0.141. The summed E-state index contributed by atoms with van der Waals surface area (Å²) in [6, 6.07) is 2.28. The lowest BCUT2D eigenvalue weighted by Gasteiger charge is -2.40. The van der Waals surface area contributed by atoms with Crippen LogP contribution < -0.4 is 5.32 Å². The van der Waals surface area contributed by atoms with Crippen molar-refractivity contribution in [1.29, 1.82) is 0 Å². The molecule has 2 aromatic rings. The minimum absolute atomic E-state index is 0.0282. The van der Waals surface area contributed by atoms with Crippen LogP contribution in [0.1, 0.15) is 44.8 Å². The summed E-state index contributed by atoms with van der Waals surface area (Å²) in [5, 5.41) is 13.3. The van der Waals surface area contributed by atoms with Crippen LogP contribution in [0.25, 0.3) is 11.2 Å². The van der Waals surface area contributed by atoms with Gasteiger partial charge in [0.05, 0.1) is 11.6 Å². The highest BCUT2D eigenvalue weighted by Gasteiger charge is 2.39. The van der Waals surface area contributed by atoms with Gasteiger partial charge in [0.2, 0.25) is 5.95 Å².